The fraction of sp³-hybridized carbons (Fsp3) is 1.00. The summed E-state index contributed by atoms with van der Waals surface area (Å²) in [6.07, 6.45) is -2.85. The van der Waals surface area contributed by atoms with Crippen LogP contribution in [0, 0.1) is 0 Å². The highest BCUT2D eigenvalue weighted by Gasteiger charge is 2.34. The van der Waals surface area contributed by atoms with Crippen molar-refractivity contribution in [3.63, 3.8) is 0 Å². The Hall–Kier alpha value is -0.340. The van der Waals surface area contributed by atoms with Gasteiger partial charge in [-0.2, -0.15) is 17.5 Å². The van der Waals surface area contributed by atoms with Crippen LogP contribution in [0.4, 0.5) is 13.2 Å². The summed E-state index contributed by atoms with van der Waals surface area (Å²) in [5, 5.41) is 0. The molecule has 0 spiro atoms. The molecule has 1 fully saturated rings. The van der Waals surface area contributed by atoms with Crippen molar-refractivity contribution in [1.29, 1.82) is 0 Å². The first kappa shape index (κ1) is 15.7. The van der Waals surface area contributed by atoms with E-state index in [9.17, 15) is 21.6 Å². The average molecular weight is 288 g/mol. The molecule has 0 aromatic rings. The van der Waals surface area contributed by atoms with Gasteiger partial charge in [0.25, 0.3) is 0 Å². The van der Waals surface area contributed by atoms with Crippen LogP contribution in [0.3, 0.4) is 0 Å². The molecule has 1 heterocycles. The Bertz CT molecular complexity index is 349. The Kier molecular flexibility index (Phi) is 5.42. The van der Waals surface area contributed by atoms with E-state index in [1.807, 2.05) is 6.92 Å². The number of hydrogen-bond donors (Lipinski definition) is 0. The quantitative estimate of drug-likeness (QED) is 0.765. The van der Waals surface area contributed by atoms with Gasteiger partial charge in [0.15, 0.2) is 0 Å². The van der Waals surface area contributed by atoms with Crippen molar-refractivity contribution in [3.05, 3.63) is 0 Å². The van der Waals surface area contributed by atoms with Crippen LogP contribution < -0.4 is 0 Å². The van der Waals surface area contributed by atoms with Crippen LogP contribution in [-0.4, -0.2) is 62.3 Å². The van der Waals surface area contributed by atoms with Crippen LogP contribution in [0.2, 0.25) is 0 Å². The van der Waals surface area contributed by atoms with Crippen molar-refractivity contribution in [2.75, 3.05) is 38.5 Å². The maximum atomic E-state index is 12.2. The van der Waals surface area contributed by atoms with E-state index in [2.05, 4.69) is 0 Å². The molecule has 0 atom stereocenters. The molecule has 4 nitrogen and oxygen atoms in total. The van der Waals surface area contributed by atoms with E-state index in [1.165, 1.54) is 9.21 Å². The van der Waals surface area contributed by atoms with Gasteiger partial charge >= 0.3 is 6.18 Å². The standard InChI is InChI=1S/C10H19F3N2O2S/c1-2-3-8-18(16,17)15-6-4-14(5-7-15)9-10(11,12)13/h2-9H2,1H3. The number of halogens is 3. The summed E-state index contributed by atoms with van der Waals surface area (Å²) in [6, 6.07) is 0. The zero-order valence-electron chi connectivity index (χ0n) is 10.4. The van der Waals surface area contributed by atoms with Crippen molar-refractivity contribution in [2.24, 2.45) is 0 Å². The second-order valence-electron chi connectivity index (χ2n) is 4.46. The molecule has 0 N–H and O–H groups in total. The summed E-state index contributed by atoms with van der Waals surface area (Å²) in [5.41, 5.74) is 0. The average Bonchev–Trinajstić information content (AvgIpc) is 2.25. The third kappa shape index (κ3) is 5.11. The summed E-state index contributed by atoms with van der Waals surface area (Å²) in [5.74, 6) is 0.0861. The van der Waals surface area contributed by atoms with Gasteiger partial charge in [-0.1, -0.05) is 13.3 Å². The number of alkyl halides is 3. The van der Waals surface area contributed by atoms with Crippen LogP contribution in [0.25, 0.3) is 0 Å². The van der Waals surface area contributed by atoms with E-state index >= 15 is 0 Å². The van der Waals surface area contributed by atoms with E-state index < -0.39 is 22.7 Å². The second-order valence-corrected chi connectivity index (χ2v) is 6.55. The number of nitrogens with zero attached hydrogens (tertiary/aromatic N) is 2. The Morgan fingerprint density at radius 1 is 1.11 bits per heavy atom. The maximum Gasteiger partial charge on any atom is 0.401 e. The van der Waals surface area contributed by atoms with Crippen molar-refractivity contribution < 1.29 is 21.6 Å². The fourth-order valence-electron chi connectivity index (χ4n) is 1.88. The van der Waals surface area contributed by atoms with Gasteiger partial charge in [-0.3, -0.25) is 4.90 Å². The van der Waals surface area contributed by atoms with E-state index in [0.717, 1.165) is 6.42 Å². The lowest BCUT2D eigenvalue weighted by molar-refractivity contribution is -0.148. The Morgan fingerprint density at radius 3 is 2.11 bits per heavy atom. The highest BCUT2D eigenvalue weighted by Crippen LogP contribution is 2.18. The predicted molar refractivity (Wildman–Crippen MR) is 62.8 cm³/mol. The van der Waals surface area contributed by atoms with Gasteiger partial charge in [0.05, 0.1) is 12.3 Å². The monoisotopic (exact) mass is 288 g/mol. The summed E-state index contributed by atoms with van der Waals surface area (Å²) in [4.78, 5) is 1.24. The molecular formula is C10H19F3N2O2S. The van der Waals surface area contributed by atoms with E-state index in [-0.39, 0.29) is 31.9 Å². The minimum absolute atomic E-state index is 0.0861. The highest BCUT2D eigenvalue weighted by molar-refractivity contribution is 7.89. The molecule has 1 rings (SSSR count). The minimum atomic E-state index is -4.22. The lowest BCUT2D eigenvalue weighted by Gasteiger charge is -2.34. The normalized spacial score (nSPS) is 20.2. The number of piperazine rings is 1. The summed E-state index contributed by atoms with van der Waals surface area (Å²) < 4.78 is 61.4. The SMILES string of the molecule is CCCCS(=O)(=O)N1CCN(CC(F)(F)F)CC1. The molecule has 0 saturated carbocycles. The molecule has 1 saturated heterocycles. The van der Waals surface area contributed by atoms with Gasteiger partial charge in [-0.15, -0.1) is 0 Å². The van der Waals surface area contributed by atoms with E-state index in [4.69, 9.17) is 0 Å². The zero-order chi connectivity index (χ0) is 13.8. The van der Waals surface area contributed by atoms with Crippen molar-refractivity contribution in [3.8, 4) is 0 Å². The molecule has 18 heavy (non-hydrogen) atoms. The van der Waals surface area contributed by atoms with E-state index in [1.54, 1.807) is 0 Å². The van der Waals surface area contributed by atoms with Gasteiger partial charge < -0.3 is 0 Å². The van der Waals surface area contributed by atoms with Crippen molar-refractivity contribution >= 4 is 10.0 Å². The summed E-state index contributed by atoms with van der Waals surface area (Å²) >= 11 is 0. The molecule has 0 radical (unpaired) electrons. The Morgan fingerprint density at radius 2 is 1.67 bits per heavy atom. The number of rotatable bonds is 5. The number of sulfonamides is 1. The van der Waals surface area contributed by atoms with Crippen LogP contribution >= 0.6 is 0 Å². The highest BCUT2D eigenvalue weighted by atomic mass is 32.2. The third-order valence-electron chi connectivity index (χ3n) is 2.88. The number of hydrogen-bond acceptors (Lipinski definition) is 3. The van der Waals surface area contributed by atoms with Crippen LogP contribution in [0.15, 0.2) is 0 Å². The third-order valence-corrected chi connectivity index (χ3v) is 4.84. The maximum absolute atomic E-state index is 12.2. The zero-order valence-corrected chi connectivity index (χ0v) is 11.2. The molecular weight excluding hydrogens is 269 g/mol. The summed E-state index contributed by atoms with van der Waals surface area (Å²) in [7, 11) is -3.29. The van der Waals surface area contributed by atoms with Crippen LogP contribution in [-0.2, 0) is 10.0 Å². The first-order valence-corrected chi connectivity index (χ1v) is 7.62. The van der Waals surface area contributed by atoms with E-state index in [0.29, 0.717) is 6.42 Å². The largest absolute Gasteiger partial charge is 0.401 e. The molecule has 108 valence electrons. The summed E-state index contributed by atoms with van der Waals surface area (Å²) in [6.45, 7) is 1.53. The van der Waals surface area contributed by atoms with Crippen molar-refractivity contribution in [2.45, 2.75) is 25.9 Å². The molecule has 0 unspecified atom stereocenters. The minimum Gasteiger partial charge on any atom is -0.292 e. The second kappa shape index (κ2) is 6.21. The Labute approximate surface area is 106 Å². The predicted octanol–water partition coefficient (Wildman–Crippen LogP) is 1.30. The van der Waals surface area contributed by atoms with Gasteiger partial charge in [0.1, 0.15) is 0 Å². The van der Waals surface area contributed by atoms with Gasteiger partial charge in [0, 0.05) is 26.2 Å². The molecule has 0 amide bonds. The molecule has 8 heteroatoms. The molecule has 0 bridgehead atoms. The molecule has 0 aromatic heterocycles. The van der Waals surface area contributed by atoms with Crippen molar-refractivity contribution in [1.82, 2.24) is 9.21 Å². The van der Waals surface area contributed by atoms with Crippen LogP contribution in [0.5, 0.6) is 0 Å². The molecule has 1 aliphatic rings. The molecule has 0 aliphatic carbocycles. The molecule has 1 aliphatic heterocycles. The number of unbranched alkanes of at least 4 members (excludes halogenated alkanes) is 1. The van der Waals surface area contributed by atoms with Gasteiger partial charge in [-0.05, 0) is 6.42 Å². The first-order chi connectivity index (χ1) is 8.24. The van der Waals surface area contributed by atoms with Gasteiger partial charge in [0.2, 0.25) is 10.0 Å². The molecule has 0 aromatic carbocycles. The smallest absolute Gasteiger partial charge is 0.292 e. The van der Waals surface area contributed by atoms with Gasteiger partial charge in [-0.25, -0.2) is 8.42 Å². The van der Waals surface area contributed by atoms with Crippen LogP contribution in [0.1, 0.15) is 19.8 Å². The fourth-order valence-corrected chi connectivity index (χ4v) is 3.51. The lowest BCUT2D eigenvalue weighted by atomic mass is 10.3. The first-order valence-electron chi connectivity index (χ1n) is 6.01. The Balaban J connectivity index is 2.44. The topological polar surface area (TPSA) is 40.6 Å². The lowest BCUT2D eigenvalue weighted by Crippen LogP contribution is -2.51.